The fourth-order valence-electron chi connectivity index (χ4n) is 5.48. The van der Waals surface area contributed by atoms with Crippen molar-refractivity contribution in [2.24, 2.45) is 0 Å². The molecular formula is C37H43ClN4O6. The first-order valence-electron chi connectivity index (χ1n) is 16.3. The molecule has 2 aliphatic rings. The Balaban J connectivity index is 1.23. The van der Waals surface area contributed by atoms with E-state index in [9.17, 15) is 19.2 Å². The van der Waals surface area contributed by atoms with Gasteiger partial charge < -0.3 is 25.0 Å². The van der Waals surface area contributed by atoms with Crippen molar-refractivity contribution >= 4 is 41.0 Å². The molecule has 11 heteroatoms. The van der Waals surface area contributed by atoms with Gasteiger partial charge in [-0.3, -0.25) is 19.3 Å². The summed E-state index contributed by atoms with van der Waals surface area (Å²) in [6.07, 6.45) is 2.37. The number of anilines is 1. The minimum Gasteiger partial charge on any atom is -0.457 e. The lowest BCUT2D eigenvalue weighted by molar-refractivity contribution is -0.136. The number of nitrogens with zero attached hydrogens (tertiary/aromatic N) is 2. The topological polar surface area (TPSA) is 117 Å². The lowest BCUT2D eigenvalue weighted by Crippen LogP contribution is -2.61. The molecule has 48 heavy (non-hydrogen) atoms. The number of nitrogens with one attached hydrogen (secondary N) is 2. The van der Waals surface area contributed by atoms with Crippen LogP contribution < -0.4 is 15.5 Å². The molecule has 3 aromatic carbocycles. The smallest absolute Gasteiger partial charge is 0.338 e. The lowest BCUT2D eigenvalue weighted by atomic mass is 10.1. The number of carbonyl (C=O) groups is 4. The van der Waals surface area contributed by atoms with E-state index in [2.05, 4.69) is 10.6 Å². The Morgan fingerprint density at radius 3 is 2.40 bits per heavy atom. The average molecular weight is 675 g/mol. The van der Waals surface area contributed by atoms with Crippen molar-refractivity contribution in [1.82, 2.24) is 15.5 Å². The van der Waals surface area contributed by atoms with Crippen LogP contribution in [0.15, 0.2) is 72.8 Å². The van der Waals surface area contributed by atoms with Gasteiger partial charge in [0.05, 0.1) is 17.7 Å². The van der Waals surface area contributed by atoms with Crippen molar-refractivity contribution in [3.63, 3.8) is 0 Å². The zero-order valence-corrected chi connectivity index (χ0v) is 28.4. The van der Waals surface area contributed by atoms with Crippen molar-refractivity contribution in [3.05, 3.63) is 100 Å². The summed E-state index contributed by atoms with van der Waals surface area (Å²) in [7, 11) is 0. The molecule has 1 aliphatic carbocycles. The summed E-state index contributed by atoms with van der Waals surface area (Å²) in [6.45, 7) is 6.98. The van der Waals surface area contributed by atoms with Gasteiger partial charge in [0.2, 0.25) is 17.7 Å². The third kappa shape index (κ3) is 9.65. The van der Waals surface area contributed by atoms with Crippen LogP contribution in [0.4, 0.5) is 5.69 Å². The first-order valence-corrected chi connectivity index (χ1v) is 16.7. The number of halogens is 1. The molecule has 2 fully saturated rings. The second-order valence-corrected chi connectivity index (χ2v) is 13.6. The summed E-state index contributed by atoms with van der Waals surface area (Å²) in [5, 5.41) is 6.55. The third-order valence-electron chi connectivity index (χ3n) is 8.17. The van der Waals surface area contributed by atoms with Gasteiger partial charge in [0.1, 0.15) is 19.3 Å². The minimum absolute atomic E-state index is 0.00229. The quantitative estimate of drug-likeness (QED) is 0.253. The Bertz CT molecular complexity index is 1600. The largest absolute Gasteiger partial charge is 0.457 e. The molecule has 5 rings (SSSR count). The van der Waals surface area contributed by atoms with Crippen LogP contribution >= 0.6 is 11.6 Å². The van der Waals surface area contributed by atoms with Crippen molar-refractivity contribution < 1.29 is 28.7 Å². The number of hydrogen-bond donors (Lipinski definition) is 2. The molecule has 0 bridgehead atoms. The van der Waals surface area contributed by atoms with Gasteiger partial charge in [0.25, 0.3) is 0 Å². The van der Waals surface area contributed by atoms with Gasteiger partial charge in [-0.15, -0.1) is 0 Å². The first kappa shape index (κ1) is 35.1. The maximum absolute atomic E-state index is 14.2. The maximum atomic E-state index is 14.2. The summed E-state index contributed by atoms with van der Waals surface area (Å²) in [5.41, 5.74) is 3.25. The molecule has 0 aromatic heterocycles. The molecule has 1 heterocycles. The van der Waals surface area contributed by atoms with Crippen molar-refractivity contribution in [2.75, 3.05) is 31.1 Å². The van der Waals surface area contributed by atoms with Crippen LogP contribution in [-0.2, 0) is 43.4 Å². The summed E-state index contributed by atoms with van der Waals surface area (Å²) >= 11 is 6.63. The number of esters is 1. The van der Waals surface area contributed by atoms with Crippen LogP contribution in [0.3, 0.4) is 0 Å². The molecule has 1 saturated heterocycles. The summed E-state index contributed by atoms with van der Waals surface area (Å²) in [4.78, 5) is 55.4. The van der Waals surface area contributed by atoms with E-state index in [0.717, 1.165) is 29.5 Å². The molecule has 1 aliphatic heterocycles. The van der Waals surface area contributed by atoms with E-state index in [-0.39, 0.29) is 43.5 Å². The van der Waals surface area contributed by atoms with E-state index in [1.165, 1.54) is 0 Å². The number of carbonyl (C=O) groups excluding carboxylic acids is 4. The molecule has 3 amide bonds. The highest BCUT2D eigenvalue weighted by molar-refractivity contribution is 6.31. The number of ether oxygens (including phenoxy) is 2. The van der Waals surface area contributed by atoms with Gasteiger partial charge in [-0.05, 0) is 87.1 Å². The fraction of sp³-hybridized carbons (Fsp3) is 0.405. The highest BCUT2D eigenvalue weighted by Gasteiger charge is 2.41. The van der Waals surface area contributed by atoms with Crippen molar-refractivity contribution in [3.8, 4) is 0 Å². The van der Waals surface area contributed by atoms with Gasteiger partial charge in [0, 0.05) is 36.4 Å². The van der Waals surface area contributed by atoms with Gasteiger partial charge in [0.15, 0.2) is 0 Å². The molecule has 1 atom stereocenters. The minimum atomic E-state index is -0.735. The molecular weight excluding hydrogens is 632 g/mol. The molecule has 3 aromatic rings. The molecule has 0 radical (unpaired) electrons. The number of piperazine rings is 1. The molecule has 10 nitrogen and oxygen atoms in total. The second kappa shape index (κ2) is 15.8. The summed E-state index contributed by atoms with van der Waals surface area (Å²) in [5.74, 6) is -0.937. The Kier molecular flexibility index (Phi) is 11.5. The number of amides is 3. The van der Waals surface area contributed by atoms with Crippen molar-refractivity contribution in [2.45, 2.75) is 70.9 Å². The molecule has 2 N–H and O–H groups in total. The Morgan fingerprint density at radius 1 is 1.00 bits per heavy atom. The number of rotatable bonds is 13. The predicted octanol–water partition coefficient (Wildman–Crippen LogP) is 4.67. The van der Waals surface area contributed by atoms with Crippen LogP contribution in [0.5, 0.6) is 0 Å². The van der Waals surface area contributed by atoms with E-state index in [1.807, 2.05) is 49.9 Å². The number of hydrogen-bond acceptors (Lipinski definition) is 7. The summed E-state index contributed by atoms with van der Waals surface area (Å²) < 4.78 is 11.0. The van der Waals surface area contributed by atoms with Gasteiger partial charge >= 0.3 is 5.97 Å². The molecule has 0 unspecified atom stereocenters. The van der Waals surface area contributed by atoms with Crippen LogP contribution in [-0.4, -0.2) is 72.5 Å². The van der Waals surface area contributed by atoms with Crippen LogP contribution in [0, 0.1) is 0 Å². The third-order valence-corrected chi connectivity index (χ3v) is 8.54. The Morgan fingerprint density at radius 2 is 1.71 bits per heavy atom. The molecule has 0 spiro atoms. The lowest BCUT2D eigenvalue weighted by Gasteiger charge is -2.38. The Hall–Kier alpha value is -4.25. The second-order valence-electron chi connectivity index (χ2n) is 13.1. The van der Waals surface area contributed by atoms with Crippen molar-refractivity contribution in [1.29, 1.82) is 0 Å². The van der Waals surface area contributed by atoms with E-state index < -0.39 is 17.6 Å². The fourth-order valence-corrected chi connectivity index (χ4v) is 5.66. The normalized spacial score (nSPS) is 16.4. The zero-order chi connectivity index (χ0) is 34.3. The van der Waals surface area contributed by atoms with Crippen LogP contribution in [0.25, 0.3) is 0 Å². The van der Waals surface area contributed by atoms with Gasteiger partial charge in [-0.2, -0.15) is 0 Å². The Labute approximate surface area is 286 Å². The van der Waals surface area contributed by atoms with E-state index in [1.54, 1.807) is 53.4 Å². The highest BCUT2D eigenvalue weighted by Crippen LogP contribution is 2.32. The highest BCUT2D eigenvalue weighted by atomic mass is 35.5. The maximum Gasteiger partial charge on any atom is 0.338 e. The van der Waals surface area contributed by atoms with Crippen LogP contribution in [0.1, 0.15) is 60.7 Å². The van der Waals surface area contributed by atoms with E-state index in [0.29, 0.717) is 42.3 Å². The van der Waals surface area contributed by atoms with E-state index in [4.69, 9.17) is 21.1 Å². The zero-order valence-electron chi connectivity index (χ0n) is 27.7. The summed E-state index contributed by atoms with van der Waals surface area (Å²) in [6, 6.07) is 21.0. The molecule has 254 valence electrons. The van der Waals surface area contributed by atoms with Gasteiger partial charge in [-0.1, -0.05) is 54.1 Å². The standard InChI is InChI=1S/C37H43ClN4O6/c1-37(2,3)48-24-33(43)40-18-17-25-11-16-31(38)28(19-25)22-41(29-14-15-29)35(45)32-20-39-21-34(44)42(32)30-12-9-26(10-13-30)23-47-36(46)27-7-5-4-6-8-27/h4-13,16,19,29,32,39H,14-15,17-18,20-24H2,1-3H3,(H,40,43)/t32-/m1/s1. The van der Waals surface area contributed by atoms with Gasteiger partial charge in [-0.25, -0.2) is 4.79 Å². The molecule has 1 saturated carbocycles. The monoisotopic (exact) mass is 674 g/mol. The average Bonchev–Trinajstić information content (AvgIpc) is 3.92. The van der Waals surface area contributed by atoms with E-state index >= 15 is 0 Å². The first-order chi connectivity index (χ1) is 23.0. The predicted molar refractivity (Wildman–Crippen MR) is 184 cm³/mol. The number of benzene rings is 3. The SMILES string of the molecule is CC(C)(C)OCC(=O)NCCc1ccc(Cl)c(CN(C(=O)[C@H]2CNCC(=O)N2c2ccc(COC(=O)c3ccccc3)cc2)C2CC2)c1. The van der Waals surface area contributed by atoms with Crippen LogP contribution in [0.2, 0.25) is 5.02 Å².